The number of esters is 1. The summed E-state index contributed by atoms with van der Waals surface area (Å²) in [5.74, 6) is 0.0395. The van der Waals surface area contributed by atoms with Crippen molar-refractivity contribution in [1.29, 1.82) is 0 Å². The van der Waals surface area contributed by atoms with Gasteiger partial charge in [-0.1, -0.05) is 54.8 Å². The maximum absolute atomic E-state index is 12.4. The Morgan fingerprint density at radius 2 is 1.91 bits per heavy atom. The smallest absolute Gasteiger partial charge is 0.337 e. The first-order valence-electron chi connectivity index (χ1n) is 12.0. The van der Waals surface area contributed by atoms with Crippen molar-refractivity contribution >= 4 is 23.1 Å². The van der Waals surface area contributed by atoms with Crippen LogP contribution in [0.15, 0.2) is 47.6 Å². The zero-order valence-corrected chi connectivity index (χ0v) is 19.4. The quantitative estimate of drug-likeness (QED) is 0.232. The molecule has 0 spiro atoms. The fourth-order valence-electron chi connectivity index (χ4n) is 5.45. The van der Waals surface area contributed by atoms with Crippen LogP contribution in [0.5, 0.6) is 0 Å². The number of nitrogens with zero attached hydrogens (tertiary/aromatic N) is 2. The zero-order chi connectivity index (χ0) is 23.5. The molecule has 1 aromatic heterocycles. The van der Waals surface area contributed by atoms with Gasteiger partial charge in [-0.05, 0) is 36.5 Å². The Morgan fingerprint density at radius 1 is 1.15 bits per heavy atom. The summed E-state index contributed by atoms with van der Waals surface area (Å²) < 4.78 is 18.9. The molecule has 2 fully saturated rings. The molecule has 7 nitrogen and oxygen atoms in total. The summed E-state index contributed by atoms with van der Waals surface area (Å²) in [6, 6.07) is 13.7. The maximum Gasteiger partial charge on any atom is 0.337 e. The number of hydrogen-bond donors (Lipinski definition) is 1. The van der Waals surface area contributed by atoms with Crippen LogP contribution in [-0.4, -0.2) is 48.6 Å². The zero-order valence-electron chi connectivity index (χ0n) is 19.4. The molecular formula is C27H30N2O5. The first-order chi connectivity index (χ1) is 16.7. The molecule has 0 atom stereocenters. The molecule has 0 amide bonds. The van der Waals surface area contributed by atoms with Crippen LogP contribution in [-0.2, 0) is 20.8 Å². The largest absolute Gasteiger partial charge is 0.465 e. The third-order valence-electron chi connectivity index (χ3n) is 6.97. The molecule has 1 saturated heterocycles. The Morgan fingerprint density at radius 3 is 2.65 bits per heavy atom. The van der Waals surface area contributed by atoms with Gasteiger partial charge in [0, 0.05) is 22.0 Å². The predicted molar refractivity (Wildman–Crippen MR) is 130 cm³/mol. The lowest BCUT2D eigenvalue weighted by atomic mass is 9.81. The third-order valence-corrected chi connectivity index (χ3v) is 6.97. The molecule has 2 aromatic carbocycles. The van der Waals surface area contributed by atoms with Crippen LogP contribution in [0.25, 0.3) is 22.2 Å². The molecule has 0 radical (unpaired) electrons. The van der Waals surface area contributed by atoms with Gasteiger partial charge in [-0.15, -0.1) is 0 Å². The monoisotopic (exact) mass is 462 g/mol. The normalized spacial score (nSPS) is 17.7. The van der Waals surface area contributed by atoms with Crippen molar-refractivity contribution in [2.24, 2.45) is 5.16 Å². The summed E-state index contributed by atoms with van der Waals surface area (Å²) in [6.45, 7) is 1.62. The van der Waals surface area contributed by atoms with E-state index in [1.165, 1.54) is 38.2 Å². The van der Waals surface area contributed by atoms with E-state index in [2.05, 4.69) is 15.8 Å². The van der Waals surface area contributed by atoms with E-state index < -0.39 is 0 Å². The minimum absolute atomic E-state index is 0.364. The van der Waals surface area contributed by atoms with Crippen molar-refractivity contribution in [2.75, 3.05) is 20.3 Å². The molecule has 3 aromatic rings. The molecule has 2 aliphatic rings. The highest BCUT2D eigenvalue weighted by Crippen LogP contribution is 2.45. The van der Waals surface area contributed by atoms with Gasteiger partial charge in [0.2, 0.25) is 0 Å². The lowest BCUT2D eigenvalue weighted by molar-refractivity contribution is -0.0514. The molecule has 178 valence electrons. The molecule has 2 heterocycles. The molecule has 0 bridgehead atoms. The summed E-state index contributed by atoms with van der Waals surface area (Å²) in [5, 5.41) is 13.8. The van der Waals surface area contributed by atoms with Crippen LogP contribution in [0.2, 0.25) is 0 Å². The van der Waals surface area contributed by atoms with Gasteiger partial charge >= 0.3 is 5.97 Å². The lowest BCUT2D eigenvalue weighted by Gasteiger charge is -2.24. The predicted octanol–water partition coefficient (Wildman–Crippen LogP) is 5.32. The maximum atomic E-state index is 12.4. The van der Waals surface area contributed by atoms with Crippen molar-refractivity contribution in [3.8, 4) is 11.3 Å². The van der Waals surface area contributed by atoms with Crippen molar-refractivity contribution < 1.29 is 24.2 Å². The summed E-state index contributed by atoms with van der Waals surface area (Å²) in [5.41, 5.74) is 5.62. The minimum atomic E-state index is -0.367. The van der Waals surface area contributed by atoms with E-state index in [0.717, 1.165) is 40.6 Å². The molecule has 5 rings (SSSR count). The third kappa shape index (κ3) is 4.21. The molecule has 1 aliphatic carbocycles. The second kappa shape index (κ2) is 9.99. The first-order valence-corrected chi connectivity index (χ1v) is 12.0. The highest BCUT2D eigenvalue weighted by molar-refractivity contribution is 6.00. The van der Waals surface area contributed by atoms with Crippen LogP contribution in [0, 0.1) is 0 Å². The van der Waals surface area contributed by atoms with Crippen LogP contribution in [0.3, 0.4) is 0 Å². The Hall–Kier alpha value is -3.16. The van der Waals surface area contributed by atoms with Gasteiger partial charge in [-0.25, -0.2) is 4.79 Å². The highest BCUT2D eigenvalue weighted by atomic mass is 16.7. The average molecular weight is 463 g/mol. The highest BCUT2D eigenvalue weighted by Gasteiger charge is 2.29. The van der Waals surface area contributed by atoms with Gasteiger partial charge < -0.3 is 24.0 Å². The van der Waals surface area contributed by atoms with Gasteiger partial charge in [0.25, 0.3) is 0 Å². The second-order valence-corrected chi connectivity index (χ2v) is 8.93. The summed E-state index contributed by atoms with van der Waals surface area (Å²) >= 11 is 0. The SMILES string of the molecule is COC(=O)c1ccc2c(C3CCCCC3)c(-c3ccccc3C=NO)n(CC3OCCO3)c2c1. The number of methoxy groups -OCH3 is 1. The van der Waals surface area contributed by atoms with Gasteiger partial charge in [-0.2, -0.15) is 0 Å². The second-order valence-electron chi connectivity index (χ2n) is 8.93. The summed E-state index contributed by atoms with van der Waals surface area (Å²) in [6.07, 6.45) is 7.01. The Bertz CT molecular complexity index is 1200. The Kier molecular flexibility index (Phi) is 6.65. The van der Waals surface area contributed by atoms with E-state index in [-0.39, 0.29) is 12.3 Å². The van der Waals surface area contributed by atoms with E-state index in [1.807, 2.05) is 36.4 Å². The molecule has 1 N–H and O–H groups in total. The molecule has 7 heteroatoms. The fourth-order valence-corrected chi connectivity index (χ4v) is 5.45. The minimum Gasteiger partial charge on any atom is -0.465 e. The van der Waals surface area contributed by atoms with Gasteiger partial charge in [0.05, 0.1) is 44.3 Å². The molecule has 0 unspecified atom stereocenters. The Labute approximate surface area is 198 Å². The van der Waals surface area contributed by atoms with Crippen molar-refractivity contribution in [2.45, 2.75) is 50.9 Å². The number of fused-ring (bicyclic) bond motifs is 1. The Balaban J connectivity index is 1.81. The van der Waals surface area contributed by atoms with Crippen LogP contribution < -0.4 is 0 Å². The number of carbonyl (C=O) groups excluding carboxylic acids is 1. The molecule has 1 aliphatic heterocycles. The lowest BCUT2D eigenvalue weighted by Crippen LogP contribution is -2.18. The topological polar surface area (TPSA) is 82.3 Å². The van der Waals surface area contributed by atoms with Gasteiger partial charge in [0.15, 0.2) is 6.29 Å². The number of aromatic nitrogens is 1. The van der Waals surface area contributed by atoms with Gasteiger partial charge in [0.1, 0.15) is 0 Å². The number of hydrogen-bond acceptors (Lipinski definition) is 6. The summed E-state index contributed by atoms with van der Waals surface area (Å²) in [7, 11) is 1.40. The van der Waals surface area contributed by atoms with E-state index in [1.54, 1.807) is 0 Å². The van der Waals surface area contributed by atoms with E-state index in [0.29, 0.717) is 31.2 Å². The number of rotatable bonds is 6. The van der Waals surface area contributed by atoms with E-state index in [4.69, 9.17) is 14.2 Å². The average Bonchev–Trinajstić information content (AvgIpc) is 3.51. The molecule has 34 heavy (non-hydrogen) atoms. The van der Waals surface area contributed by atoms with Crippen LogP contribution >= 0.6 is 0 Å². The standard InChI is InChI=1S/C27H30N2O5/c1-32-27(30)19-11-12-22-23(15-19)29(17-24-33-13-14-34-24)26(25(22)18-7-3-2-4-8-18)21-10-6-5-9-20(21)16-28-31/h5-6,9-12,15-16,18,24,31H,2-4,7-8,13-14,17H2,1H3. The first kappa shape index (κ1) is 22.6. The van der Waals surface area contributed by atoms with Crippen molar-refractivity contribution in [3.05, 3.63) is 59.2 Å². The van der Waals surface area contributed by atoms with Crippen molar-refractivity contribution in [3.63, 3.8) is 0 Å². The number of ether oxygens (including phenoxy) is 3. The van der Waals surface area contributed by atoms with Crippen molar-refractivity contribution in [1.82, 2.24) is 4.57 Å². The molecule has 1 saturated carbocycles. The number of benzene rings is 2. The van der Waals surface area contributed by atoms with Crippen LogP contribution in [0.4, 0.5) is 0 Å². The number of oxime groups is 1. The van der Waals surface area contributed by atoms with E-state index in [9.17, 15) is 10.0 Å². The van der Waals surface area contributed by atoms with Crippen LogP contribution in [0.1, 0.15) is 59.5 Å². The van der Waals surface area contributed by atoms with E-state index >= 15 is 0 Å². The molecular weight excluding hydrogens is 432 g/mol. The van der Waals surface area contributed by atoms with Gasteiger partial charge in [-0.3, -0.25) is 0 Å². The number of carbonyl (C=O) groups is 1. The summed E-state index contributed by atoms with van der Waals surface area (Å²) in [4.78, 5) is 12.4. The fraction of sp³-hybridized carbons (Fsp3) is 0.407.